The quantitative estimate of drug-likeness (QED) is 0.701. The van der Waals surface area contributed by atoms with E-state index in [1.54, 1.807) is 16.8 Å². The Balaban J connectivity index is 1.40. The highest BCUT2D eigenvalue weighted by Crippen LogP contribution is 2.37. The SMILES string of the molecule is C[N+]1=C2CCNCC2c2cc(-n3ccc(OCc4ccccc4)cc3=O)ccc21. The van der Waals surface area contributed by atoms with Gasteiger partial charge in [0.2, 0.25) is 5.69 Å². The lowest BCUT2D eigenvalue weighted by Gasteiger charge is -2.17. The molecule has 2 aromatic carbocycles. The van der Waals surface area contributed by atoms with Crippen molar-refractivity contribution >= 4 is 11.4 Å². The second kappa shape index (κ2) is 7.33. The van der Waals surface area contributed by atoms with E-state index in [-0.39, 0.29) is 5.56 Å². The molecule has 2 aliphatic heterocycles. The number of fused-ring (bicyclic) bond motifs is 3. The second-order valence-corrected chi connectivity index (χ2v) is 7.65. The van der Waals surface area contributed by atoms with Crippen molar-refractivity contribution in [1.29, 1.82) is 0 Å². The van der Waals surface area contributed by atoms with Gasteiger partial charge in [-0.25, -0.2) is 4.58 Å². The van der Waals surface area contributed by atoms with Gasteiger partial charge in [0.25, 0.3) is 5.56 Å². The first-order chi connectivity index (χ1) is 14.2. The van der Waals surface area contributed by atoms with Crippen molar-refractivity contribution in [1.82, 2.24) is 9.88 Å². The van der Waals surface area contributed by atoms with E-state index in [9.17, 15) is 4.79 Å². The third-order valence-corrected chi connectivity index (χ3v) is 5.90. The van der Waals surface area contributed by atoms with Crippen LogP contribution in [-0.2, 0) is 6.61 Å². The number of hydrogen-bond donors (Lipinski definition) is 1. The van der Waals surface area contributed by atoms with Crippen LogP contribution in [0.1, 0.15) is 23.5 Å². The molecule has 0 saturated carbocycles. The van der Waals surface area contributed by atoms with Gasteiger partial charge in [-0.3, -0.25) is 9.36 Å². The Morgan fingerprint density at radius 3 is 2.83 bits per heavy atom. The van der Waals surface area contributed by atoms with E-state index in [2.05, 4.69) is 29.1 Å². The monoisotopic (exact) mass is 386 g/mol. The molecule has 0 radical (unpaired) electrons. The molecule has 1 atom stereocenters. The Morgan fingerprint density at radius 2 is 2.00 bits per heavy atom. The average Bonchev–Trinajstić information content (AvgIpc) is 3.05. The second-order valence-electron chi connectivity index (χ2n) is 7.65. The van der Waals surface area contributed by atoms with Crippen LogP contribution in [0.4, 0.5) is 5.69 Å². The van der Waals surface area contributed by atoms with Gasteiger partial charge in [-0.05, 0) is 23.8 Å². The van der Waals surface area contributed by atoms with Crippen LogP contribution >= 0.6 is 0 Å². The van der Waals surface area contributed by atoms with E-state index < -0.39 is 0 Å². The van der Waals surface area contributed by atoms with Gasteiger partial charge in [-0.2, -0.15) is 0 Å². The number of hydrogen-bond acceptors (Lipinski definition) is 3. The van der Waals surface area contributed by atoms with Gasteiger partial charge in [0, 0.05) is 49.1 Å². The molecular weight excluding hydrogens is 362 g/mol. The summed E-state index contributed by atoms with van der Waals surface area (Å²) >= 11 is 0. The maximum absolute atomic E-state index is 12.8. The van der Waals surface area contributed by atoms with E-state index in [1.807, 2.05) is 42.5 Å². The standard InChI is InChI=1S/C24H24N3O2/c1-26-22-8-7-18(13-20(22)21-15-25-11-9-23(21)26)27-12-10-19(14-24(27)28)29-16-17-5-3-2-4-6-17/h2-8,10,12-14,21,25H,9,11,15-16H2,1H3/q+1. The molecule has 3 heterocycles. The predicted molar refractivity (Wildman–Crippen MR) is 114 cm³/mol. The van der Waals surface area contributed by atoms with Gasteiger partial charge in [0.15, 0.2) is 5.71 Å². The van der Waals surface area contributed by atoms with Crippen molar-refractivity contribution in [2.24, 2.45) is 0 Å². The summed E-state index contributed by atoms with van der Waals surface area (Å²) in [5.74, 6) is 0.982. The number of pyridine rings is 1. The van der Waals surface area contributed by atoms with E-state index in [0.29, 0.717) is 18.3 Å². The molecule has 1 unspecified atom stereocenters. The van der Waals surface area contributed by atoms with Gasteiger partial charge in [-0.1, -0.05) is 30.3 Å². The molecule has 0 spiro atoms. The van der Waals surface area contributed by atoms with Crippen LogP contribution in [-0.4, -0.2) is 35.0 Å². The van der Waals surface area contributed by atoms with Crippen molar-refractivity contribution in [2.45, 2.75) is 18.9 Å². The molecule has 1 saturated heterocycles. The number of ether oxygens (including phenoxy) is 1. The highest BCUT2D eigenvalue weighted by Gasteiger charge is 2.38. The van der Waals surface area contributed by atoms with Crippen LogP contribution in [0.2, 0.25) is 0 Å². The highest BCUT2D eigenvalue weighted by atomic mass is 16.5. The van der Waals surface area contributed by atoms with Crippen LogP contribution in [0.5, 0.6) is 5.75 Å². The minimum absolute atomic E-state index is 0.0900. The summed E-state index contributed by atoms with van der Waals surface area (Å²) in [5.41, 5.74) is 5.88. The van der Waals surface area contributed by atoms with Crippen molar-refractivity contribution in [3.05, 3.63) is 88.3 Å². The number of rotatable bonds is 4. The average molecular weight is 386 g/mol. The number of nitrogens with zero attached hydrogens (tertiary/aromatic N) is 2. The molecule has 0 bridgehead atoms. The number of piperidine rings is 1. The summed E-state index contributed by atoms with van der Waals surface area (Å²) in [6.45, 7) is 2.43. The molecule has 1 aromatic heterocycles. The third kappa shape index (κ3) is 3.28. The number of benzene rings is 2. The first-order valence-corrected chi connectivity index (χ1v) is 10.0. The minimum Gasteiger partial charge on any atom is -0.489 e. The summed E-state index contributed by atoms with van der Waals surface area (Å²) in [6, 6.07) is 19.7. The first kappa shape index (κ1) is 17.9. The Labute approximate surface area is 169 Å². The van der Waals surface area contributed by atoms with E-state index >= 15 is 0 Å². The van der Waals surface area contributed by atoms with E-state index in [4.69, 9.17) is 4.74 Å². The molecule has 2 aliphatic rings. The Kier molecular flexibility index (Phi) is 4.52. The fourth-order valence-corrected chi connectivity index (χ4v) is 4.38. The zero-order chi connectivity index (χ0) is 19.8. The van der Waals surface area contributed by atoms with Crippen LogP contribution < -0.4 is 15.6 Å². The molecule has 1 fully saturated rings. The molecule has 0 amide bonds. The summed E-state index contributed by atoms with van der Waals surface area (Å²) in [5, 5.41) is 3.49. The van der Waals surface area contributed by atoms with Gasteiger partial charge in [0.1, 0.15) is 19.4 Å². The molecule has 5 rings (SSSR count). The minimum atomic E-state index is -0.0900. The largest absolute Gasteiger partial charge is 0.489 e. The van der Waals surface area contributed by atoms with Crippen molar-refractivity contribution in [3.8, 4) is 11.4 Å². The Hall–Kier alpha value is -3.18. The first-order valence-electron chi connectivity index (χ1n) is 10.0. The van der Waals surface area contributed by atoms with Gasteiger partial charge in [0.05, 0.1) is 5.92 Å². The Morgan fingerprint density at radius 1 is 1.14 bits per heavy atom. The lowest BCUT2D eigenvalue weighted by molar-refractivity contribution is -0.403. The van der Waals surface area contributed by atoms with Gasteiger partial charge in [-0.15, -0.1) is 0 Å². The van der Waals surface area contributed by atoms with Crippen LogP contribution in [0.25, 0.3) is 5.69 Å². The lowest BCUT2D eigenvalue weighted by atomic mass is 9.91. The van der Waals surface area contributed by atoms with Gasteiger partial charge >= 0.3 is 0 Å². The van der Waals surface area contributed by atoms with Gasteiger partial charge < -0.3 is 10.1 Å². The van der Waals surface area contributed by atoms with Crippen LogP contribution in [0.3, 0.4) is 0 Å². The maximum atomic E-state index is 12.8. The Bertz CT molecular complexity index is 1150. The normalized spacial score (nSPS) is 17.8. The molecule has 0 aliphatic carbocycles. The molecule has 5 nitrogen and oxygen atoms in total. The summed E-state index contributed by atoms with van der Waals surface area (Å²) < 4.78 is 9.79. The van der Waals surface area contributed by atoms with E-state index in [1.165, 1.54) is 17.0 Å². The summed E-state index contributed by atoms with van der Waals surface area (Å²) in [6.07, 6.45) is 2.87. The third-order valence-electron chi connectivity index (χ3n) is 5.90. The van der Waals surface area contributed by atoms with Crippen molar-refractivity contribution < 1.29 is 9.31 Å². The molecular formula is C24H24N3O2+. The smallest absolute Gasteiger partial charge is 0.258 e. The number of nitrogens with one attached hydrogen (secondary N) is 1. The molecule has 1 N–H and O–H groups in total. The summed E-state index contributed by atoms with van der Waals surface area (Å²) in [4.78, 5) is 12.8. The number of aromatic nitrogens is 1. The zero-order valence-electron chi connectivity index (χ0n) is 16.5. The van der Waals surface area contributed by atoms with Crippen LogP contribution in [0.15, 0.2) is 71.7 Å². The topological polar surface area (TPSA) is 46.3 Å². The zero-order valence-corrected chi connectivity index (χ0v) is 16.5. The molecule has 3 aromatic rings. The summed E-state index contributed by atoms with van der Waals surface area (Å²) in [7, 11) is 2.14. The van der Waals surface area contributed by atoms with Crippen molar-refractivity contribution in [3.63, 3.8) is 0 Å². The highest BCUT2D eigenvalue weighted by molar-refractivity contribution is 5.93. The van der Waals surface area contributed by atoms with E-state index in [0.717, 1.165) is 30.8 Å². The molecule has 29 heavy (non-hydrogen) atoms. The van der Waals surface area contributed by atoms with Crippen LogP contribution in [0, 0.1) is 0 Å². The fraction of sp³-hybridized carbons (Fsp3) is 0.250. The predicted octanol–water partition coefficient (Wildman–Crippen LogP) is 3.22. The van der Waals surface area contributed by atoms with Crippen molar-refractivity contribution in [2.75, 3.05) is 20.1 Å². The molecule has 146 valence electrons. The lowest BCUT2D eigenvalue weighted by Crippen LogP contribution is -2.35. The molecule has 5 heteroatoms. The fourth-order valence-electron chi connectivity index (χ4n) is 4.38. The maximum Gasteiger partial charge on any atom is 0.258 e.